The molecule has 118 valence electrons. The lowest BCUT2D eigenvalue weighted by molar-refractivity contribution is -0.0565. The van der Waals surface area contributed by atoms with E-state index in [4.69, 9.17) is 9.47 Å². The maximum atomic E-state index is 6.04. The third kappa shape index (κ3) is 4.45. The number of ether oxygens (including phenoxy) is 2. The normalized spacial score (nSPS) is 20.2. The van der Waals surface area contributed by atoms with Gasteiger partial charge in [0.1, 0.15) is 18.5 Å². The lowest BCUT2D eigenvalue weighted by Gasteiger charge is -2.35. The smallest absolute Gasteiger partial charge is 0.122 e. The van der Waals surface area contributed by atoms with Gasteiger partial charge < -0.3 is 9.47 Å². The molecule has 0 aliphatic carbocycles. The van der Waals surface area contributed by atoms with Crippen molar-refractivity contribution in [3.05, 3.63) is 29.3 Å². The van der Waals surface area contributed by atoms with Crippen molar-refractivity contribution in [1.29, 1.82) is 0 Å². The largest absolute Gasteiger partial charge is 0.491 e. The second-order valence-electron chi connectivity index (χ2n) is 6.57. The molecule has 21 heavy (non-hydrogen) atoms. The van der Waals surface area contributed by atoms with Crippen molar-refractivity contribution in [2.24, 2.45) is 0 Å². The minimum absolute atomic E-state index is 0.170. The highest BCUT2D eigenvalue weighted by Gasteiger charge is 2.22. The highest BCUT2D eigenvalue weighted by atomic mass is 16.5. The lowest BCUT2D eigenvalue weighted by atomic mass is 10.0. The second-order valence-corrected chi connectivity index (χ2v) is 6.57. The molecule has 0 aromatic heterocycles. The van der Waals surface area contributed by atoms with Crippen LogP contribution in [0.2, 0.25) is 0 Å². The van der Waals surface area contributed by atoms with Gasteiger partial charge in [-0.05, 0) is 43.9 Å². The van der Waals surface area contributed by atoms with Crippen molar-refractivity contribution < 1.29 is 9.47 Å². The third-order valence-corrected chi connectivity index (χ3v) is 4.20. The van der Waals surface area contributed by atoms with E-state index in [1.807, 2.05) is 0 Å². The van der Waals surface area contributed by atoms with Gasteiger partial charge in [0.15, 0.2) is 0 Å². The fourth-order valence-corrected chi connectivity index (χ4v) is 2.63. The summed E-state index contributed by atoms with van der Waals surface area (Å²) in [7, 11) is 0. The zero-order valence-corrected chi connectivity index (χ0v) is 14.1. The summed E-state index contributed by atoms with van der Waals surface area (Å²) in [5, 5.41) is 0. The molecule has 1 unspecified atom stereocenters. The summed E-state index contributed by atoms with van der Waals surface area (Å²) in [6.07, 6.45) is 0.170. The van der Waals surface area contributed by atoms with E-state index >= 15 is 0 Å². The highest BCUT2D eigenvalue weighted by molar-refractivity contribution is 5.37. The van der Waals surface area contributed by atoms with Crippen LogP contribution in [0.15, 0.2) is 18.2 Å². The maximum Gasteiger partial charge on any atom is 0.122 e. The summed E-state index contributed by atoms with van der Waals surface area (Å²) in [4.78, 5) is 2.45. The van der Waals surface area contributed by atoms with Crippen LogP contribution < -0.4 is 4.74 Å². The fourth-order valence-electron chi connectivity index (χ4n) is 2.63. The minimum atomic E-state index is 0.170. The second kappa shape index (κ2) is 7.28. The van der Waals surface area contributed by atoms with Gasteiger partial charge in [0, 0.05) is 19.1 Å². The summed E-state index contributed by atoms with van der Waals surface area (Å²) in [6.45, 7) is 14.4. The number of benzene rings is 1. The van der Waals surface area contributed by atoms with Gasteiger partial charge in [-0.1, -0.05) is 26.0 Å². The Kier molecular flexibility index (Phi) is 5.65. The zero-order valence-electron chi connectivity index (χ0n) is 14.1. The van der Waals surface area contributed by atoms with Crippen LogP contribution in [0.5, 0.6) is 5.75 Å². The quantitative estimate of drug-likeness (QED) is 0.827. The first kappa shape index (κ1) is 16.3. The Hall–Kier alpha value is -1.06. The average molecular weight is 291 g/mol. The van der Waals surface area contributed by atoms with Crippen molar-refractivity contribution in [1.82, 2.24) is 4.90 Å². The molecule has 0 N–H and O–H groups in total. The summed E-state index contributed by atoms with van der Waals surface area (Å²) in [5.74, 6) is 1.52. The van der Waals surface area contributed by atoms with Gasteiger partial charge >= 0.3 is 0 Å². The van der Waals surface area contributed by atoms with Crippen LogP contribution in [0.3, 0.4) is 0 Å². The summed E-state index contributed by atoms with van der Waals surface area (Å²) in [6, 6.07) is 7.07. The first-order valence-electron chi connectivity index (χ1n) is 8.06. The summed E-state index contributed by atoms with van der Waals surface area (Å²) >= 11 is 0. The van der Waals surface area contributed by atoms with Gasteiger partial charge in [0.2, 0.25) is 0 Å². The molecule has 1 atom stereocenters. The van der Waals surface area contributed by atoms with Gasteiger partial charge in [-0.15, -0.1) is 0 Å². The molecule has 3 nitrogen and oxygen atoms in total. The topological polar surface area (TPSA) is 21.7 Å². The van der Waals surface area contributed by atoms with Crippen molar-refractivity contribution >= 4 is 0 Å². The average Bonchev–Trinajstić information content (AvgIpc) is 2.46. The van der Waals surface area contributed by atoms with Crippen LogP contribution in [0.4, 0.5) is 0 Å². The number of hydrogen-bond acceptors (Lipinski definition) is 3. The molecule has 1 aliphatic rings. The number of aryl methyl sites for hydroxylation is 1. The van der Waals surface area contributed by atoms with Crippen LogP contribution in [-0.4, -0.2) is 43.3 Å². The molecule has 1 saturated heterocycles. The van der Waals surface area contributed by atoms with Gasteiger partial charge in [-0.2, -0.15) is 0 Å². The van der Waals surface area contributed by atoms with E-state index in [0.29, 0.717) is 18.6 Å². The van der Waals surface area contributed by atoms with Gasteiger partial charge in [-0.3, -0.25) is 4.90 Å². The molecular weight excluding hydrogens is 262 g/mol. The highest BCUT2D eigenvalue weighted by Crippen LogP contribution is 2.24. The molecule has 2 rings (SSSR count). The predicted octanol–water partition coefficient (Wildman–Crippen LogP) is 3.61. The van der Waals surface area contributed by atoms with Crippen LogP contribution in [0, 0.1) is 6.92 Å². The van der Waals surface area contributed by atoms with E-state index in [0.717, 1.165) is 25.4 Å². The van der Waals surface area contributed by atoms with Gasteiger partial charge in [0.05, 0.1) is 6.61 Å². The van der Waals surface area contributed by atoms with E-state index in [1.165, 1.54) is 11.1 Å². The molecule has 0 spiro atoms. The lowest BCUT2D eigenvalue weighted by Crippen LogP contribution is -2.47. The maximum absolute atomic E-state index is 6.04. The monoisotopic (exact) mass is 291 g/mol. The van der Waals surface area contributed by atoms with E-state index in [2.05, 4.69) is 57.7 Å². The van der Waals surface area contributed by atoms with Gasteiger partial charge in [-0.25, -0.2) is 0 Å². The zero-order chi connectivity index (χ0) is 15.4. The Morgan fingerprint density at radius 3 is 2.71 bits per heavy atom. The van der Waals surface area contributed by atoms with E-state index in [1.54, 1.807) is 0 Å². The molecule has 0 amide bonds. The molecule has 0 radical (unpaired) electrons. The van der Waals surface area contributed by atoms with E-state index in [9.17, 15) is 0 Å². The molecule has 3 heteroatoms. The predicted molar refractivity (Wildman–Crippen MR) is 87.2 cm³/mol. The van der Waals surface area contributed by atoms with Crippen molar-refractivity contribution in [2.45, 2.75) is 52.7 Å². The van der Waals surface area contributed by atoms with E-state index < -0.39 is 0 Å². The Bertz CT molecular complexity index is 457. The SMILES string of the molecule is Cc1ccc(C(C)C)cc1OCC1CN(C(C)C)CCO1. The summed E-state index contributed by atoms with van der Waals surface area (Å²) in [5.41, 5.74) is 2.51. The van der Waals surface area contributed by atoms with Crippen molar-refractivity contribution in [3.63, 3.8) is 0 Å². The Balaban J connectivity index is 1.95. The van der Waals surface area contributed by atoms with Crippen LogP contribution in [0.1, 0.15) is 44.7 Å². The first-order chi connectivity index (χ1) is 9.97. The van der Waals surface area contributed by atoms with E-state index in [-0.39, 0.29) is 6.10 Å². The number of hydrogen-bond donors (Lipinski definition) is 0. The van der Waals surface area contributed by atoms with Crippen molar-refractivity contribution in [3.8, 4) is 5.75 Å². The molecule has 1 fully saturated rings. The number of nitrogens with zero attached hydrogens (tertiary/aromatic N) is 1. The molecule has 0 bridgehead atoms. The first-order valence-corrected chi connectivity index (χ1v) is 8.06. The van der Waals surface area contributed by atoms with Gasteiger partial charge in [0.25, 0.3) is 0 Å². The molecule has 1 aromatic carbocycles. The Labute approximate surface area is 129 Å². The van der Waals surface area contributed by atoms with Crippen LogP contribution in [-0.2, 0) is 4.74 Å². The standard InChI is InChI=1S/C18H29NO2/c1-13(2)16-7-6-15(5)18(10-16)21-12-17-11-19(14(3)4)8-9-20-17/h6-7,10,13-14,17H,8-9,11-12H2,1-5H3. The molecule has 1 aliphatic heterocycles. The van der Waals surface area contributed by atoms with Crippen molar-refractivity contribution in [2.75, 3.05) is 26.3 Å². The summed E-state index contributed by atoms with van der Waals surface area (Å²) < 4.78 is 11.9. The number of rotatable bonds is 5. The molecule has 1 aromatic rings. The molecule has 1 heterocycles. The molecule has 0 saturated carbocycles. The van der Waals surface area contributed by atoms with Crippen LogP contribution in [0.25, 0.3) is 0 Å². The van der Waals surface area contributed by atoms with Crippen LogP contribution >= 0.6 is 0 Å². The third-order valence-electron chi connectivity index (χ3n) is 4.20. The minimum Gasteiger partial charge on any atom is -0.491 e. The Morgan fingerprint density at radius 2 is 2.05 bits per heavy atom. The fraction of sp³-hybridized carbons (Fsp3) is 0.667. The molecular formula is C18H29NO2. The Morgan fingerprint density at radius 1 is 1.29 bits per heavy atom. The number of morpholine rings is 1.